The Kier molecular flexibility index (Phi) is 28.3. The third-order valence-corrected chi connectivity index (χ3v) is 10.2. The Balaban J connectivity index is 2.19. The summed E-state index contributed by atoms with van der Waals surface area (Å²) < 4.78 is 12.0. The van der Waals surface area contributed by atoms with Gasteiger partial charge in [-0.15, -0.1) is 0 Å². The Morgan fingerprint density at radius 1 is 0.644 bits per heavy atom. The van der Waals surface area contributed by atoms with E-state index in [2.05, 4.69) is 39.3 Å². The zero-order chi connectivity index (χ0) is 32.8. The molecule has 0 aliphatic carbocycles. The normalized spacial score (nSPS) is 16.0. The lowest BCUT2D eigenvalue weighted by molar-refractivity contribution is -0.149. The number of carbonyl (C=O) groups excluding carboxylic acids is 1. The van der Waals surface area contributed by atoms with Gasteiger partial charge >= 0.3 is 5.97 Å². The van der Waals surface area contributed by atoms with E-state index < -0.39 is 0 Å². The summed E-state index contributed by atoms with van der Waals surface area (Å²) in [5.41, 5.74) is 0. The second-order valence-corrected chi connectivity index (χ2v) is 14.7. The fourth-order valence-corrected chi connectivity index (χ4v) is 7.03. The lowest BCUT2D eigenvalue weighted by atomic mass is 9.92. The van der Waals surface area contributed by atoms with Gasteiger partial charge in [0.2, 0.25) is 0 Å². The Hall–Kier alpha value is -1.03. The SMILES string of the molecule is C=C(CCCCCCCCC(CCCCCCCCCC)COC(=O)C1CCN(C)C1)OCCC(CCCCC)CCCCC. The summed E-state index contributed by atoms with van der Waals surface area (Å²) in [6.45, 7) is 14.5. The average molecular weight is 634 g/mol. The molecule has 2 atom stereocenters. The third-order valence-electron chi connectivity index (χ3n) is 10.2. The Labute approximate surface area is 282 Å². The standard InChI is InChI=1S/C41H79NO3/c1-6-9-12-13-14-15-19-24-29-39(36-45-41(43)40-31-33-42(5)35-40)30-25-20-17-16-18-23-26-37(4)44-34-32-38(27-21-10-7-2)28-22-11-8-3/h38-40H,4,6-36H2,1-3,5H3. The molecule has 1 saturated heterocycles. The average Bonchev–Trinajstić information content (AvgIpc) is 3.48. The Morgan fingerprint density at radius 2 is 1.11 bits per heavy atom. The highest BCUT2D eigenvalue weighted by atomic mass is 16.5. The number of unbranched alkanes of at least 4 members (excludes halogenated alkanes) is 16. The van der Waals surface area contributed by atoms with Crippen LogP contribution in [0.25, 0.3) is 0 Å². The smallest absolute Gasteiger partial charge is 0.310 e. The number of rotatable bonds is 33. The zero-order valence-electron chi connectivity index (χ0n) is 31.0. The molecule has 0 aromatic heterocycles. The van der Waals surface area contributed by atoms with E-state index in [4.69, 9.17) is 9.47 Å². The molecular formula is C41H79NO3. The molecule has 1 fully saturated rings. The minimum Gasteiger partial charge on any atom is -0.499 e. The van der Waals surface area contributed by atoms with E-state index in [1.165, 1.54) is 161 Å². The molecule has 0 aromatic rings. The van der Waals surface area contributed by atoms with Gasteiger partial charge in [0, 0.05) is 13.0 Å². The van der Waals surface area contributed by atoms with Crippen molar-refractivity contribution in [2.75, 3.05) is 33.4 Å². The summed E-state index contributed by atoms with van der Waals surface area (Å²) in [4.78, 5) is 14.9. The zero-order valence-corrected chi connectivity index (χ0v) is 31.0. The number of hydrogen-bond donors (Lipinski definition) is 0. The van der Waals surface area contributed by atoms with Crippen LogP contribution in [0.2, 0.25) is 0 Å². The van der Waals surface area contributed by atoms with Crippen LogP contribution in [0.5, 0.6) is 0 Å². The van der Waals surface area contributed by atoms with Gasteiger partial charge in [0.05, 0.1) is 24.9 Å². The van der Waals surface area contributed by atoms with E-state index in [-0.39, 0.29) is 11.9 Å². The quantitative estimate of drug-likeness (QED) is 0.0409. The summed E-state index contributed by atoms with van der Waals surface area (Å²) in [5, 5.41) is 0. The van der Waals surface area contributed by atoms with Crippen molar-refractivity contribution in [3.63, 3.8) is 0 Å². The van der Waals surface area contributed by atoms with Gasteiger partial charge in [0.1, 0.15) is 0 Å². The van der Waals surface area contributed by atoms with E-state index in [0.717, 1.165) is 44.2 Å². The molecule has 1 heterocycles. The van der Waals surface area contributed by atoms with Gasteiger partial charge in [-0.1, -0.05) is 162 Å². The molecule has 266 valence electrons. The first-order valence-corrected chi connectivity index (χ1v) is 20.2. The minimum atomic E-state index is 0.0459. The second-order valence-electron chi connectivity index (χ2n) is 14.7. The van der Waals surface area contributed by atoms with Crippen molar-refractivity contribution >= 4 is 5.97 Å². The van der Waals surface area contributed by atoms with Crippen LogP contribution in [0.4, 0.5) is 0 Å². The highest BCUT2D eigenvalue weighted by Crippen LogP contribution is 2.24. The van der Waals surface area contributed by atoms with Crippen molar-refractivity contribution in [2.45, 2.75) is 194 Å². The van der Waals surface area contributed by atoms with Crippen LogP contribution >= 0.6 is 0 Å². The monoisotopic (exact) mass is 634 g/mol. The summed E-state index contributed by atoms with van der Waals surface area (Å²) in [5.74, 6) is 2.50. The molecule has 45 heavy (non-hydrogen) atoms. The van der Waals surface area contributed by atoms with Crippen molar-refractivity contribution in [3.05, 3.63) is 12.3 Å². The topological polar surface area (TPSA) is 38.8 Å². The van der Waals surface area contributed by atoms with Gasteiger partial charge < -0.3 is 14.4 Å². The molecule has 0 aromatic carbocycles. The summed E-state index contributed by atoms with van der Waals surface area (Å²) in [6, 6.07) is 0. The molecule has 2 unspecified atom stereocenters. The van der Waals surface area contributed by atoms with Crippen LogP contribution in [-0.4, -0.2) is 44.2 Å². The Bertz CT molecular complexity index is 670. The van der Waals surface area contributed by atoms with Crippen LogP contribution < -0.4 is 0 Å². The highest BCUT2D eigenvalue weighted by molar-refractivity contribution is 5.73. The molecule has 0 spiro atoms. The maximum Gasteiger partial charge on any atom is 0.310 e. The van der Waals surface area contributed by atoms with Gasteiger partial charge in [-0.3, -0.25) is 4.79 Å². The van der Waals surface area contributed by atoms with Crippen molar-refractivity contribution in [1.29, 1.82) is 0 Å². The first-order chi connectivity index (χ1) is 22.0. The maximum absolute atomic E-state index is 12.6. The molecule has 0 bridgehead atoms. The lowest BCUT2D eigenvalue weighted by Crippen LogP contribution is -2.24. The Morgan fingerprint density at radius 3 is 1.64 bits per heavy atom. The number of esters is 1. The van der Waals surface area contributed by atoms with Gasteiger partial charge in [-0.25, -0.2) is 0 Å². The molecule has 0 amide bonds. The van der Waals surface area contributed by atoms with E-state index in [1.807, 2.05) is 0 Å². The number of ether oxygens (including phenoxy) is 2. The summed E-state index contributed by atoms with van der Waals surface area (Å²) in [7, 11) is 2.10. The number of hydrogen-bond acceptors (Lipinski definition) is 4. The molecule has 0 radical (unpaired) electrons. The molecule has 0 N–H and O–H groups in total. The van der Waals surface area contributed by atoms with Crippen LogP contribution in [0, 0.1) is 17.8 Å². The van der Waals surface area contributed by atoms with Crippen LogP contribution in [0.1, 0.15) is 194 Å². The van der Waals surface area contributed by atoms with Gasteiger partial charge in [0.15, 0.2) is 0 Å². The van der Waals surface area contributed by atoms with Crippen LogP contribution in [0.3, 0.4) is 0 Å². The molecule has 1 rings (SSSR count). The first kappa shape index (κ1) is 42.0. The maximum atomic E-state index is 12.6. The summed E-state index contributed by atoms with van der Waals surface area (Å²) in [6.07, 6.45) is 34.9. The van der Waals surface area contributed by atoms with Crippen molar-refractivity contribution in [2.24, 2.45) is 17.8 Å². The van der Waals surface area contributed by atoms with Crippen LogP contribution in [-0.2, 0) is 14.3 Å². The molecule has 4 nitrogen and oxygen atoms in total. The highest BCUT2D eigenvalue weighted by Gasteiger charge is 2.28. The summed E-state index contributed by atoms with van der Waals surface area (Å²) >= 11 is 0. The molecule has 1 aliphatic heterocycles. The molecule has 4 heteroatoms. The van der Waals surface area contributed by atoms with E-state index >= 15 is 0 Å². The fourth-order valence-electron chi connectivity index (χ4n) is 7.03. The van der Waals surface area contributed by atoms with Gasteiger partial charge in [-0.05, 0) is 57.5 Å². The van der Waals surface area contributed by atoms with E-state index in [0.29, 0.717) is 12.5 Å². The number of allylic oxidation sites excluding steroid dienone is 1. The number of carbonyl (C=O) groups is 1. The lowest BCUT2D eigenvalue weighted by Gasteiger charge is -2.19. The largest absolute Gasteiger partial charge is 0.499 e. The number of likely N-dealkylation sites (tertiary alicyclic amines) is 1. The molecule has 0 saturated carbocycles. The van der Waals surface area contributed by atoms with Crippen molar-refractivity contribution in [1.82, 2.24) is 4.90 Å². The minimum absolute atomic E-state index is 0.0459. The van der Waals surface area contributed by atoms with Crippen LogP contribution in [0.15, 0.2) is 12.3 Å². The molecular weight excluding hydrogens is 554 g/mol. The third kappa shape index (κ3) is 24.8. The van der Waals surface area contributed by atoms with E-state index in [1.54, 1.807) is 0 Å². The van der Waals surface area contributed by atoms with E-state index in [9.17, 15) is 4.79 Å². The van der Waals surface area contributed by atoms with Crippen molar-refractivity contribution < 1.29 is 14.3 Å². The predicted octanol–water partition coefficient (Wildman–Crippen LogP) is 12.4. The second kappa shape index (κ2) is 30.3. The van der Waals surface area contributed by atoms with Gasteiger partial charge in [0.25, 0.3) is 0 Å². The fraction of sp³-hybridized carbons (Fsp3) is 0.927. The first-order valence-electron chi connectivity index (χ1n) is 20.2. The molecule has 1 aliphatic rings. The van der Waals surface area contributed by atoms with Crippen molar-refractivity contribution in [3.8, 4) is 0 Å². The number of nitrogens with zero attached hydrogens (tertiary/aromatic N) is 1. The van der Waals surface area contributed by atoms with Gasteiger partial charge in [-0.2, -0.15) is 0 Å². The predicted molar refractivity (Wildman–Crippen MR) is 196 cm³/mol.